The summed E-state index contributed by atoms with van der Waals surface area (Å²) in [5.74, 6) is 0.396. The van der Waals surface area contributed by atoms with Crippen LogP contribution in [0.1, 0.15) is 19.8 Å². The van der Waals surface area contributed by atoms with Crippen molar-refractivity contribution < 1.29 is 5.11 Å². The fourth-order valence-corrected chi connectivity index (χ4v) is 2.20. The van der Waals surface area contributed by atoms with E-state index in [4.69, 9.17) is 5.11 Å². The quantitative estimate of drug-likeness (QED) is 0.721. The van der Waals surface area contributed by atoms with E-state index in [-0.39, 0.29) is 0 Å². The number of hydrogen-bond acceptors (Lipinski definition) is 3. The second-order valence-corrected chi connectivity index (χ2v) is 4.79. The molecule has 1 fully saturated rings. The lowest BCUT2D eigenvalue weighted by Crippen LogP contribution is -2.46. The first-order chi connectivity index (χ1) is 6.63. The van der Waals surface area contributed by atoms with Crippen LogP contribution in [0.4, 0.5) is 0 Å². The lowest BCUT2D eigenvalue weighted by Gasteiger charge is -2.36. The van der Waals surface area contributed by atoms with Gasteiger partial charge in [-0.15, -0.1) is 0 Å². The Morgan fingerprint density at radius 3 is 2.86 bits per heavy atom. The Morgan fingerprint density at radius 2 is 2.29 bits per heavy atom. The zero-order valence-corrected chi connectivity index (χ0v) is 9.74. The molecule has 1 aliphatic heterocycles. The summed E-state index contributed by atoms with van der Waals surface area (Å²) >= 11 is 0. The van der Waals surface area contributed by atoms with Crippen molar-refractivity contribution in [3.63, 3.8) is 0 Å². The summed E-state index contributed by atoms with van der Waals surface area (Å²) in [6.45, 7) is 5.82. The van der Waals surface area contributed by atoms with Crippen molar-refractivity contribution in [2.24, 2.45) is 5.92 Å². The SMILES string of the molecule is CC(CO)CN(C)C1CCCN(C)C1. The normalized spacial score (nSPS) is 26.8. The maximum Gasteiger partial charge on any atom is 0.0468 e. The van der Waals surface area contributed by atoms with Gasteiger partial charge in [0, 0.05) is 25.7 Å². The van der Waals surface area contributed by atoms with Crippen molar-refractivity contribution >= 4 is 0 Å². The molecule has 0 spiro atoms. The number of aliphatic hydroxyl groups is 1. The first-order valence-electron chi connectivity index (χ1n) is 5.63. The van der Waals surface area contributed by atoms with Gasteiger partial charge in [-0.1, -0.05) is 6.92 Å². The molecule has 0 aromatic carbocycles. The van der Waals surface area contributed by atoms with Crippen molar-refractivity contribution in [2.75, 3.05) is 40.3 Å². The van der Waals surface area contributed by atoms with E-state index in [9.17, 15) is 0 Å². The molecular formula is C11H24N2O. The van der Waals surface area contributed by atoms with Crippen LogP contribution in [-0.4, -0.2) is 61.3 Å². The average molecular weight is 200 g/mol. The van der Waals surface area contributed by atoms with Crippen LogP contribution in [-0.2, 0) is 0 Å². The van der Waals surface area contributed by atoms with Gasteiger partial charge in [0.1, 0.15) is 0 Å². The molecule has 3 heteroatoms. The smallest absolute Gasteiger partial charge is 0.0468 e. The Kier molecular flexibility index (Phi) is 4.85. The number of likely N-dealkylation sites (tertiary alicyclic amines) is 1. The van der Waals surface area contributed by atoms with Gasteiger partial charge in [-0.05, 0) is 39.4 Å². The molecule has 0 aliphatic carbocycles. The van der Waals surface area contributed by atoms with Crippen LogP contribution in [0.15, 0.2) is 0 Å². The number of nitrogens with zero attached hydrogens (tertiary/aromatic N) is 2. The Bertz CT molecular complexity index is 163. The number of aliphatic hydroxyl groups excluding tert-OH is 1. The number of hydrogen-bond donors (Lipinski definition) is 1. The molecular weight excluding hydrogens is 176 g/mol. The highest BCUT2D eigenvalue weighted by atomic mass is 16.3. The van der Waals surface area contributed by atoms with Gasteiger partial charge in [-0.2, -0.15) is 0 Å². The third-order valence-corrected chi connectivity index (χ3v) is 3.13. The van der Waals surface area contributed by atoms with E-state index in [1.165, 1.54) is 25.9 Å². The van der Waals surface area contributed by atoms with E-state index in [0.29, 0.717) is 18.6 Å². The number of rotatable bonds is 4. The molecule has 0 aromatic rings. The molecule has 0 amide bonds. The third-order valence-electron chi connectivity index (χ3n) is 3.13. The van der Waals surface area contributed by atoms with Crippen molar-refractivity contribution in [3.05, 3.63) is 0 Å². The minimum atomic E-state index is 0.299. The highest BCUT2D eigenvalue weighted by Crippen LogP contribution is 2.14. The number of piperidine rings is 1. The van der Waals surface area contributed by atoms with Crippen LogP contribution >= 0.6 is 0 Å². The Labute approximate surface area is 87.7 Å². The molecule has 0 saturated carbocycles. The monoisotopic (exact) mass is 200 g/mol. The molecule has 1 N–H and O–H groups in total. The molecule has 1 rings (SSSR count). The van der Waals surface area contributed by atoms with Crippen molar-refractivity contribution in [2.45, 2.75) is 25.8 Å². The average Bonchev–Trinajstić information content (AvgIpc) is 2.17. The third kappa shape index (κ3) is 3.56. The summed E-state index contributed by atoms with van der Waals surface area (Å²) in [6, 6.07) is 0.683. The fourth-order valence-electron chi connectivity index (χ4n) is 2.20. The van der Waals surface area contributed by atoms with Gasteiger partial charge in [0.25, 0.3) is 0 Å². The molecule has 14 heavy (non-hydrogen) atoms. The van der Waals surface area contributed by atoms with Crippen LogP contribution in [0.2, 0.25) is 0 Å². The molecule has 0 aromatic heterocycles. The van der Waals surface area contributed by atoms with E-state index >= 15 is 0 Å². The second kappa shape index (κ2) is 5.69. The van der Waals surface area contributed by atoms with E-state index < -0.39 is 0 Å². The zero-order chi connectivity index (χ0) is 10.6. The van der Waals surface area contributed by atoms with Crippen LogP contribution < -0.4 is 0 Å². The summed E-state index contributed by atoms with van der Waals surface area (Å²) in [6.07, 6.45) is 2.61. The highest BCUT2D eigenvalue weighted by Gasteiger charge is 2.21. The summed E-state index contributed by atoms with van der Waals surface area (Å²) in [4.78, 5) is 4.80. The van der Waals surface area contributed by atoms with Gasteiger partial charge in [0.05, 0.1) is 0 Å². The summed E-state index contributed by atoms with van der Waals surface area (Å²) in [5, 5.41) is 9.00. The molecule has 2 unspecified atom stereocenters. The molecule has 1 aliphatic rings. The van der Waals surface area contributed by atoms with Gasteiger partial charge in [-0.3, -0.25) is 0 Å². The van der Waals surface area contributed by atoms with Gasteiger partial charge in [0.2, 0.25) is 0 Å². The summed E-state index contributed by atoms with van der Waals surface area (Å²) in [7, 11) is 4.37. The van der Waals surface area contributed by atoms with Crippen molar-refractivity contribution in [1.29, 1.82) is 0 Å². The standard InChI is InChI=1S/C11H24N2O/c1-10(9-14)7-13(3)11-5-4-6-12(2)8-11/h10-11,14H,4-9H2,1-3H3. The van der Waals surface area contributed by atoms with Crippen molar-refractivity contribution in [3.8, 4) is 0 Å². The van der Waals surface area contributed by atoms with E-state index in [1.54, 1.807) is 0 Å². The first-order valence-corrected chi connectivity index (χ1v) is 5.63. The molecule has 0 bridgehead atoms. The summed E-state index contributed by atoms with van der Waals surface area (Å²) < 4.78 is 0. The lowest BCUT2D eigenvalue weighted by molar-refractivity contribution is 0.107. The topological polar surface area (TPSA) is 26.7 Å². The van der Waals surface area contributed by atoms with Crippen LogP contribution in [0.3, 0.4) is 0 Å². The van der Waals surface area contributed by atoms with Gasteiger partial charge < -0.3 is 14.9 Å². The van der Waals surface area contributed by atoms with Crippen LogP contribution in [0, 0.1) is 5.92 Å². The van der Waals surface area contributed by atoms with E-state index in [0.717, 1.165) is 6.54 Å². The first kappa shape index (κ1) is 12.0. The maximum atomic E-state index is 9.00. The van der Waals surface area contributed by atoms with E-state index in [1.807, 2.05) is 0 Å². The minimum Gasteiger partial charge on any atom is -0.396 e. The van der Waals surface area contributed by atoms with Crippen molar-refractivity contribution in [1.82, 2.24) is 9.80 Å². The molecule has 1 heterocycles. The van der Waals surface area contributed by atoms with Gasteiger partial charge in [0.15, 0.2) is 0 Å². The molecule has 84 valence electrons. The molecule has 0 radical (unpaired) electrons. The second-order valence-electron chi connectivity index (χ2n) is 4.79. The maximum absolute atomic E-state index is 9.00. The Morgan fingerprint density at radius 1 is 1.57 bits per heavy atom. The number of likely N-dealkylation sites (N-methyl/N-ethyl adjacent to an activating group) is 2. The Hall–Kier alpha value is -0.120. The van der Waals surface area contributed by atoms with Gasteiger partial charge >= 0.3 is 0 Å². The van der Waals surface area contributed by atoms with E-state index in [2.05, 4.69) is 30.8 Å². The fraction of sp³-hybridized carbons (Fsp3) is 1.00. The summed E-state index contributed by atoms with van der Waals surface area (Å²) in [5.41, 5.74) is 0. The lowest BCUT2D eigenvalue weighted by atomic mass is 10.0. The van der Waals surface area contributed by atoms with Crippen LogP contribution in [0.25, 0.3) is 0 Å². The zero-order valence-electron chi connectivity index (χ0n) is 9.74. The largest absolute Gasteiger partial charge is 0.396 e. The minimum absolute atomic E-state index is 0.299. The molecule has 3 nitrogen and oxygen atoms in total. The predicted octanol–water partition coefficient (Wildman–Crippen LogP) is 0.641. The van der Waals surface area contributed by atoms with Gasteiger partial charge in [-0.25, -0.2) is 0 Å². The molecule has 2 atom stereocenters. The highest BCUT2D eigenvalue weighted by molar-refractivity contribution is 4.78. The van der Waals surface area contributed by atoms with Crippen LogP contribution in [0.5, 0.6) is 0 Å². The predicted molar refractivity (Wildman–Crippen MR) is 59.4 cm³/mol. The Balaban J connectivity index is 2.31. The molecule has 1 saturated heterocycles.